The first-order chi connectivity index (χ1) is 23.3. The molecule has 3 N–H and O–H groups in total. The van der Waals surface area contributed by atoms with Crippen molar-refractivity contribution >= 4 is 30.4 Å². The largest absolute Gasteiger partial charge is 0.464 e. The van der Waals surface area contributed by atoms with Crippen LogP contribution >= 0.6 is 12.4 Å². The first-order valence-electron chi connectivity index (χ1n) is 17.1. The second-order valence-electron chi connectivity index (χ2n) is 13.3. The van der Waals surface area contributed by atoms with Gasteiger partial charge in [0.2, 0.25) is 0 Å². The summed E-state index contributed by atoms with van der Waals surface area (Å²) in [4.78, 5) is 38.4. The summed E-state index contributed by atoms with van der Waals surface area (Å²) in [6.07, 6.45) is -1.13. The van der Waals surface area contributed by atoms with Crippen molar-refractivity contribution in [3.05, 3.63) is 71.8 Å². The minimum Gasteiger partial charge on any atom is -0.464 e. The van der Waals surface area contributed by atoms with E-state index in [4.69, 9.17) is 23.7 Å². The lowest BCUT2D eigenvalue weighted by atomic mass is 9.85. The van der Waals surface area contributed by atoms with E-state index in [-0.39, 0.29) is 64.8 Å². The molecule has 0 aliphatic carbocycles. The van der Waals surface area contributed by atoms with Gasteiger partial charge in [0.05, 0.1) is 26.4 Å². The van der Waals surface area contributed by atoms with E-state index in [0.29, 0.717) is 25.9 Å². The number of rotatable bonds is 12. The SMILES string of the molecule is CCOC(=O)C(OCc1ccccc1)C1(O)CCN(C(=O)OC(C)(C)C)CC1.CCOC(=O)C(OCc1ccccc1)C1(O)CCNCC1.Cl. The molecule has 0 saturated carbocycles. The lowest BCUT2D eigenvalue weighted by Gasteiger charge is -2.41. The lowest BCUT2D eigenvalue weighted by molar-refractivity contribution is -0.186. The van der Waals surface area contributed by atoms with Crippen molar-refractivity contribution in [1.82, 2.24) is 10.2 Å². The third-order valence-corrected chi connectivity index (χ3v) is 8.25. The number of nitrogens with one attached hydrogen (secondary N) is 1. The number of nitrogens with zero attached hydrogens (tertiary/aromatic N) is 1. The summed E-state index contributed by atoms with van der Waals surface area (Å²) < 4.78 is 27.1. The van der Waals surface area contributed by atoms with Crippen LogP contribution in [0.4, 0.5) is 4.79 Å². The van der Waals surface area contributed by atoms with Gasteiger partial charge in [-0.15, -0.1) is 12.4 Å². The van der Waals surface area contributed by atoms with Crippen molar-refractivity contribution in [2.45, 2.75) is 103 Å². The fourth-order valence-electron chi connectivity index (χ4n) is 5.62. The van der Waals surface area contributed by atoms with Crippen LogP contribution in [0.25, 0.3) is 0 Å². The van der Waals surface area contributed by atoms with E-state index < -0.39 is 47.0 Å². The summed E-state index contributed by atoms with van der Waals surface area (Å²) >= 11 is 0. The maximum atomic E-state index is 12.5. The molecule has 2 heterocycles. The fourth-order valence-corrected chi connectivity index (χ4v) is 5.62. The van der Waals surface area contributed by atoms with Crippen molar-refractivity contribution in [3.63, 3.8) is 0 Å². The quantitative estimate of drug-likeness (QED) is 0.209. The number of carbonyl (C=O) groups excluding carboxylic acids is 3. The van der Waals surface area contributed by atoms with E-state index in [1.807, 2.05) is 60.7 Å². The molecule has 2 aliphatic heterocycles. The predicted molar refractivity (Wildman–Crippen MR) is 190 cm³/mol. The zero-order valence-electron chi connectivity index (χ0n) is 29.9. The lowest BCUT2D eigenvalue weighted by Crippen LogP contribution is -2.56. The van der Waals surface area contributed by atoms with Gasteiger partial charge in [0, 0.05) is 13.1 Å². The summed E-state index contributed by atoms with van der Waals surface area (Å²) in [6.45, 7) is 11.7. The minimum absolute atomic E-state index is 0. The molecule has 0 spiro atoms. The molecule has 13 heteroatoms. The number of carbonyl (C=O) groups is 3. The molecule has 2 fully saturated rings. The highest BCUT2D eigenvalue weighted by atomic mass is 35.5. The van der Waals surface area contributed by atoms with Crippen molar-refractivity contribution < 1.29 is 48.3 Å². The molecule has 0 aromatic heterocycles. The number of likely N-dealkylation sites (tertiary alicyclic amines) is 1. The van der Waals surface area contributed by atoms with Crippen LogP contribution in [0.2, 0.25) is 0 Å². The summed E-state index contributed by atoms with van der Waals surface area (Å²) in [5.74, 6) is -1.08. The first kappa shape index (κ1) is 42.9. The Morgan fingerprint density at radius 2 is 1.14 bits per heavy atom. The summed E-state index contributed by atoms with van der Waals surface area (Å²) in [7, 11) is 0. The normalized spacial score (nSPS) is 17.9. The third-order valence-electron chi connectivity index (χ3n) is 8.25. The number of esters is 2. The van der Waals surface area contributed by atoms with Crippen molar-refractivity contribution in [3.8, 4) is 0 Å². The molecular formula is C37H55ClN2O10. The minimum atomic E-state index is -1.40. The van der Waals surface area contributed by atoms with Crippen LogP contribution in [-0.2, 0) is 46.5 Å². The molecule has 2 aromatic carbocycles. The molecule has 2 atom stereocenters. The molecular weight excluding hydrogens is 668 g/mol. The van der Waals surface area contributed by atoms with Crippen LogP contribution in [0.5, 0.6) is 0 Å². The van der Waals surface area contributed by atoms with Crippen LogP contribution in [0.1, 0.15) is 71.4 Å². The highest BCUT2D eigenvalue weighted by molar-refractivity contribution is 5.85. The average molecular weight is 723 g/mol. The standard InChI is InChI=1S/C21H31NO6.C16H23NO4.ClH/c1-5-26-18(23)17(27-15-16-9-7-6-8-10-16)21(25)11-13-22(14-12-21)19(24)28-20(2,3)4;1-2-20-15(18)14(16(19)8-10-17-11-9-16)21-12-13-6-4-3-5-7-13;/h6-10,17,25H,5,11-15H2,1-4H3;3-7,14,17,19H,2,8-12H2,1H3;1H. The van der Waals surface area contributed by atoms with Crippen LogP contribution < -0.4 is 5.32 Å². The average Bonchev–Trinajstić information content (AvgIpc) is 3.06. The fraction of sp³-hybridized carbons (Fsp3) is 0.595. The number of ether oxygens (including phenoxy) is 5. The zero-order chi connectivity index (χ0) is 35.9. The highest BCUT2D eigenvalue weighted by Gasteiger charge is 2.47. The number of halogens is 1. The van der Waals surface area contributed by atoms with Gasteiger partial charge in [-0.2, -0.15) is 0 Å². The predicted octanol–water partition coefficient (Wildman–Crippen LogP) is 4.57. The van der Waals surface area contributed by atoms with E-state index in [2.05, 4.69) is 5.32 Å². The van der Waals surface area contributed by atoms with Gasteiger partial charge in [0.1, 0.15) is 16.8 Å². The van der Waals surface area contributed by atoms with Gasteiger partial charge >= 0.3 is 18.0 Å². The maximum absolute atomic E-state index is 12.5. The Balaban J connectivity index is 0.000000353. The number of hydrogen-bond acceptors (Lipinski definition) is 11. The Morgan fingerprint density at radius 3 is 1.52 bits per heavy atom. The molecule has 50 heavy (non-hydrogen) atoms. The molecule has 4 rings (SSSR count). The first-order valence-corrected chi connectivity index (χ1v) is 17.1. The Morgan fingerprint density at radius 1 is 0.740 bits per heavy atom. The Bertz CT molecular complexity index is 1290. The number of benzene rings is 2. The number of aliphatic hydroxyl groups is 2. The van der Waals surface area contributed by atoms with E-state index >= 15 is 0 Å². The molecule has 0 bridgehead atoms. The van der Waals surface area contributed by atoms with Gasteiger partial charge in [0.25, 0.3) is 0 Å². The molecule has 2 aromatic rings. The number of hydrogen-bond donors (Lipinski definition) is 3. The Labute approximate surface area is 302 Å². The smallest absolute Gasteiger partial charge is 0.410 e. The van der Waals surface area contributed by atoms with E-state index in [1.54, 1.807) is 39.5 Å². The van der Waals surface area contributed by atoms with Gasteiger partial charge in [-0.25, -0.2) is 14.4 Å². The molecule has 2 saturated heterocycles. The number of amides is 1. The molecule has 280 valence electrons. The summed E-state index contributed by atoms with van der Waals surface area (Å²) in [5.41, 5.74) is -1.29. The van der Waals surface area contributed by atoms with Crippen LogP contribution in [0, 0.1) is 0 Å². The second-order valence-corrected chi connectivity index (χ2v) is 13.3. The van der Waals surface area contributed by atoms with E-state index in [9.17, 15) is 24.6 Å². The van der Waals surface area contributed by atoms with Crippen molar-refractivity contribution in [2.75, 3.05) is 39.4 Å². The zero-order valence-corrected chi connectivity index (χ0v) is 30.7. The molecule has 2 aliphatic rings. The van der Waals surface area contributed by atoms with Gasteiger partial charge in [-0.05, 0) is 84.5 Å². The van der Waals surface area contributed by atoms with E-state index in [1.165, 1.54) is 0 Å². The van der Waals surface area contributed by atoms with Gasteiger partial charge in [0.15, 0.2) is 12.2 Å². The highest BCUT2D eigenvalue weighted by Crippen LogP contribution is 2.30. The van der Waals surface area contributed by atoms with Crippen molar-refractivity contribution in [1.29, 1.82) is 0 Å². The van der Waals surface area contributed by atoms with Crippen LogP contribution in [-0.4, -0.2) is 102 Å². The van der Waals surface area contributed by atoms with Gasteiger partial charge in [-0.3, -0.25) is 0 Å². The summed E-state index contributed by atoms with van der Waals surface area (Å²) in [5, 5.41) is 25.0. The summed E-state index contributed by atoms with van der Waals surface area (Å²) in [6, 6.07) is 19.0. The van der Waals surface area contributed by atoms with Crippen molar-refractivity contribution in [2.24, 2.45) is 0 Å². The van der Waals surface area contributed by atoms with Gasteiger partial charge in [-0.1, -0.05) is 60.7 Å². The monoisotopic (exact) mass is 722 g/mol. The molecule has 2 unspecified atom stereocenters. The third kappa shape index (κ3) is 13.5. The maximum Gasteiger partial charge on any atom is 0.410 e. The van der Waals surface area contributed by atoms with Gasteiger partial charge < -0.3 is 44.1 Å². The second kappa shape index (κ2) is 20.6. The Hall–Kier alpha value is -3.26. The molecule has 0 radical (unpaired) electrons. The number of piperidine rings is 2. The Kier molecular flexibility index (Phi) is 17.6. The molecule has 1 amide bonds. The topological polar surface area (TPSA) is 153 Å². The van der Waals surface area contributed by atoms with Crippen LogP contribution in [0.15, 0.2) is 60.7 Å². The molecule has 12 nitrogen and oxygen atoms in total. The van der Waals surface area contributed by atoms with Crippen LogP contribution in [0.3, 0.4) is 0 Å². The van der Waals surface area contributed by atoms with E-state index in [0.717, 1.165) is 11.1 Å².